The molecule has 0 aromatic rings. The van der Waals surface area contributed by atoms with Gasteiger partial charge in [-0.3, -0.25) is 14.4 Å². The van der Waals surface area contributed by atoms with E-state index >= 15 is 0 Å². The van der Waals surface area contributed by atoms with Crippen molar-refractivity contribution in [3.63, 3.8) is 0 Å². The van der Waals surface area contributed by atoms with Crippen LogP contribution in [0.5, 0.6) is 0 Å². The van der Waals surface area contributed by atoms with E-state index in [9.17, 15) is 19.5 Å². The van der Waals surface area contributed by atoms with Crippen LogP contribution in [0.3, 0.4) is 0 Å². The van der Waals surface area contributed by atoms with Gasteiger partial charge >= 0.3 is 5.97 Å². The van der Waals surface area contributed by atoms with E-state index in [1.165, 1.54) is 0 Å². The van der Waals surface area contributed by atoms with Crippen LogP contribution in [0.25, 0.3) is 0 Å². The minimum Gasteiger partial charge on any atom is -0.462 e. The summed E-state index contributed by atoms with van der Waals surface area (Å²) in [6.45, 7) is 4.45. The summed E-state index contributed by atoms with van der Waals surface area (Å²) in [5, 5.41) is 10.2. The molecule has 0 aromatic carbocycles. The second-order valence-electron chi connectivity index (χ2n) is 10.4. The van der Waals surface area contributed by atoms with E-state index < -0.39 is 5.92 Å². The van der Waals surface area contributed by atoms with Crippen molar-refractivity contribution >= 4 is 17.5 Å². The minimum atomic E-state index is -0.421. The monoisotopic (exact) mass is 405 g/mol. The number of ketones is 2. The zero-order valence-electron chi connectivity index (χ0n) is 17.7. The molecule has 0 amide bonds. The molecule has 29 heavy (non-hydrogen) atoms. The maximum Gasteiger partial charge on any atom is 0.307 e. The van der Waals surface area contributed by atoms with E-state index in [2.05, 4.69) is 13.8 Å². The van der Waals surface area contributed by atoms with Gasteiger partial charge in [0.15, 0.2) is 0 Å². The fourth-order valence-electron chi connectivity index (χ4n) is 7.59. The first-order chi connectivity index (χ1) is 13.8. The number of rotatable bonds is 4. The first-order valence-corrected chi connectivity index (χ1v) is 11.3. The Morgan fingerprint density at radius 3 is 2.59 bits per heavy atom. The fraction of sp³-hybridized carbons (Fsp3) is 0.870. The number of aliphatic hydroxyl groups excluding tert-OH is 1. The Hall–Kier alpha value is -1.27. The predicted molar refractivity (Wildman–Crippen MR) is 107 cm³/mol. The summed E-state index contributed by atoms with van der Waals surface area (Å²) in [6, 6.07) is 0. The molecule has 0 heterocycles. The zero-order valence-corrected chi connectivity index (χ0v) is 17.7. The number of Topliss-reactive ketones (excluding diaryl/α,β-unsaturated/α-hetero) is 2. The summed E-state index contributed by atoms with van der Waals surface area (Å²) in [7, 11) is 0. The van der Waals surface area contributed by atoms with Crippen molar-refractivity contribution in [2.45, 2.75) is 71.3 Å². The Morgan fingerprint density at radius 2 is 1.90 bits per heavy atom. The second-order valence-corrected chi connectivity index (χ2v) is 10.4. The summed E-state index contributed by atoms with van der Waals surface area (Å²) in [5.74, 6) is 0.0502. The Morgan fingerprint density at radius 1 is 1.14 bits per heavy atom. The molecule has 1 unspecified atom stereocenters. The molecular weight excluding hydrogens is 370 g/mol. The van der Waals surface area contributed by atoms with Gasteiger partial charge in [0.1, 0.15) is 17.7 Å². The molecule has 0 aliphatic heterocycles. The summed E-state index contributed by atoms with van der Waals surface area (Å²) < 4.78 is 5.63. The van der Waals surface area contributed by atoms with Crippen molar-refractivity contribution < 1.29 is 24.2 Å². The molecular formula is C23H35NO5. The van der Waals surface area contributed by atoms with Crippen molar-refractivity contribution in [2.75, 3.05) is 13.2 Å². The summed E-state index contributed by atoms with van der Waals surface area (Å²) in [4.78, 5) is 38.2. The lowest BCUT2D eigenvalue weighted by molar-refractivity contribution is -0.179. The first-order valence-electron chi connectivity index (χ1n) is 11.3. The van der Waals surface area contributed by atoms with Crippen molar-refractivity contribution in [1.82, 2.24) is 0 Å². The highest BCUT2D eigenvalue weighted by atomic mass is 16.5. The number of aliphatic hydroxyl groups is 1. The van der Waals surface area contributed by atoms with Crippen LogP contribution in [0.4, 0.5) is 0 Å². The van der Waals surface area contributed by atoms with Gasteiger partial charge in [-0.25, -0.2) is 0 Å². The number of carbonyl (C=O) groups excluding carboxylic acids is 3. The lowest BCUT2D eigenvalue weighted by Gasteiger charge is -2.61. The van der Waals surface area contributed by atoms with Gasteiger partial charge in [0.2, 0.25) is 0 Å². The molecule has 4 rings (SSSR count). The van der Waals surface area contributed by atoms with Crippen molar-refractivity contribution in [2.24, 2.45) is 46.2 Å². The number of ether oxygens (including phenoxy) is 1. The molecule has 4 fully saturated rings. The van der Waals surface area contributed by atoms with Gasteiger partial charge in [0.05, 0.1) is 13.0 Å². The quantitative estimate of drug-likeness (QED) is 0.695. The van der Waals surface area contributed by atoms with Crippen LogP contribution in [0.15, 0.2) is 0 Å². The average molecular weight is 406 g/mol. The third-order valence-electron chi connectivity index (χ3n) is 9.22. The molecule has 4 aliphatic carbocycles. The SMILES string of the molecule is C[C@]12CC[C@H](OC(=O)CCN)CC1[C@@H](CO)C(=O)[C@@H]1[C@@H]2CC[C@]2(C)C(=O)CC[C@@H]12. The molecule has 4 aliphatic rings. The average Bonchev–Trinajstić information content (AvgIpc) is 2.98. The molecule has 0 aromatic heterocycles. The Labute approximate surface area is 172 Å². The standard InChI is InChI=1S/C23H35NO5/c1-22-8-5-13(29-19(27)7-10-24)11-17(22)14(12-25)21(28)20-15-3-4-18(26)23(15,2)9-6-16(20)22/h13-17,20,25H,3-12,24H2,1-2H3/t13-,14+,15-,16-,17?,20-,22+,23-/m0/s1. The van der Waals surface area contributed by atoms with Gasteiger partial charge in [0, 0.05) is 30.2 Å². The number of fused-ring (bicyclic) bond motifs is 5. The number of esters is 1. The Bertz CT molecular complexity index is 707. The highest BCUT2D eigenvalue weighted by Gasteiger charge is 2.65. The Kier molecular flexibility index (Phi) is 5.39. The van der Waals surface area contributed by atoms with Crippen molar-refractivity contribution in [3.8, 4) is 0 Å². The molecule has 0 radical (unpaired) electrons. The second kappa shape index (κ2) is 7.45. The van der Waals surface area contributed by atoms with Gasteiger partial charge in [-0.1, -0.05) is 13.8 Å². The van der Waals surface area contributed by atoms with Gasteiger partial charge in [-0.15, -0.1) is 0 Å². The van der Waals surface area contributed by atoms with Crippen LogP contribution in [-0.2, 0) is 19.1 Å². The number of nitrogens with two attached hydrogens (primary N) is 1. The lowest BCUT2D eigenvalue weighted by Crippen LogP contribution is -2.61. The van der Waals surface area contributed by atoms with E-state index in [1.54, 1.807) is 0 Å². The van der Waals surface area contributed by atoms with Crippen LogP contribution in [0, 0.1) is 40.4 Å². The van der Waals surface area contributed by atoms with Gasteiger partial charge in [-0.2, -0.15) is 0 Å². The summed E-state index contributed by atoms with van der Waals surface area (Å²) in [5.41, 5.74) is 5.03. The van der Waals surface area contributed by atoms with Crippen LogP contribution in [0.1, 0.15) is 65.2 Å². The molecule has 3 N–H and O–H groups in total. The normalized spacial score (nSPS) is 46.6. The van der Waals surface area contributed by atoms with E-state index in [0.29, 0.717) is 18.6 Å². The zero-order chi connectivity index (χ0) is 21.0. The molecule has 0 bridgehead atoms. The van der Waals surface area contributed by atoms with E-state index in [-0.39, 0.29) is 71.9 Å². The van der Waals surface area contributed by atoms with Crippen LogP contribution in [0.2, 0.25) is 0 Å². The smallest absolute Gasteiger partial charge is 0.307 e. The summed E-state index contributed by atoms with van der Waals surface area (Å²) in [6.07, 6.45) is 5.48. The molecule has 0 spiro atoms. The van der Waals surface area contributed by atoms with Crippen molar-refractivity contribution in [3.05, 3.63) is 0 Å². The number of hydrogen-bond donors (Lipinski definition) is 2. The number of carbonyl (C=O) groups is 3. The van der Waals surface area contributed by atoms with Crippen LogP contribution >= 0.6 is 0 Å². The van der Waals surface area contributed by atoms with E-state index in [0.717, 1.165) is 32.1 Å². The molecule has 6 heteroatoms. The fourth-order valence-corrected chi connectivity index (χ4v) is 7.59. The van der Waals surface area contributed by atoms with Gasteiger partial charge in [0.25, 0.3) is 0 Å². The minimum absolute atomic E-state index is 0.0205. The van der Waals surface area contributed by atoms with Crippen LogP contribution in [-0.4, -0.2) is 41.9 Å². The van der Waals surface area contributed by atoms with Gasteiger partial charge in [-0.05, 0) is 61.7 Å². The summed E-state index contributed by atoms with van der Waals surface area (Å²) >= 11 is 0. The third-order valence-corrected chi connectivity index (χ3v) is 9.22. The molecule has 4 saturated carbocycles. The Balaban J connectivity index is 1.61. The third kappa shape index (κ3) is 3.09. The van der Waals surface area contributed by atoms with Gasteiger partial charge < -0.3 is 15.6 Å². The molecule has 6 nitrogen and oxygen atoms in total. The lowest BCUT2D eigenvalue weighted by atomic mass is 9.42. The van der Waals surface area contributed by atoms with E-state index in [4.69, 9.17) is 10.5 Å². The first kappa shape index (κ1) is 21.0. The van der Waals surface area contributed by atoms with E-state index in [1.807, 2.05) is 0 Å². The largest absolute Gasteiger partial charge is 0.462 e. The highest BCUT2D eigenvalue weighted by Crippen LogP contribution is 2.65. The maximum atomic E-state index is 13.6. The topological polar surface area (TPSA) is 107 Å². The highest BCUT2D eigenvalue weighted by molar-refractivity contribution is 5.91. The predicted octanol–water partition coefficient (Wildman–Crippen LogP) is 2.26. The maximum absolute atomic E-state index is 13.6. The van der Waals surface area contributed by atoms with Crippen molar-refractivity contribution in [1.29, 1.82) is 0 Å². The van der Waals surface area contributed by atoms with Crippen LogP contribution < -0.4 is 5.73 Å². The molecule has 0 saturated heterocycles. The molecule has 8 atom stereocenters. The molecule has 162 valence electrons. The number of hydrogen-bond acceptors (Lipinski definition) is 6.